The third-order valence-corrected chi connectivity index (χ3v) is 21.9. The van der Waals surface area contributed by atoms with Crippen molar-refractivity contribution < 1.29 is 128 Å². The first-order valence-corrected chi connectivity index (χ1v) is 41.7. The highest BCUT2D eigenvalue weighted by Gasteiger charge is 2.48. The summed E-state index contributed by atoms with van der Waals surface area (Å²) >= 11 is 0. The number of esters is 9. The van der Waals surface area contributed by atoms with Crippen molar-refractivity contribution in [2.75, 3.05) is 119 Å². The highest BCUT2D eigenvalue weighted by atomic mass is 16.6. The van der Waals surface area contributed by atoms with Gasteiger partial charge >= 0.3 is 53.7 Å². The summed E-state index contributed by atoms with van der Waals surface area (Å²) in [5.74, 6) is -1.99. The van der Waals surface area contributed by atoms with Crippen LogP contribution < -0.4 is 0 Å². The van der Waals surface area contributed by atoms with Crippen molar-refractivity contribution >= 4 is 53.7 Å². The van der Waals surface area contributed by atoms with Crippen LogP contribution in [-0.2, 0) is 128 Å². The van der Waals surface area contributed by atoms with Crippen LogP contribution in [0.5, 0.6) is 0 Å². The Kier molecular flexibility index (Phi) is 48.2. The van der Waals surface area contributed by atoms with Crippen molar-refractivity contribution in [1.29, 1.82) is 0 Å². The van der Waals surface area contributed by atoms with Gasteiger partial charge in [-0.1, -0.05) is 147 Å². The Morgan fingerprint density at radius 1 is 0.331 bits per heavy atom. The van der Waals surface area contributed by atoms with Gasteiger partial charge < -0.3 is 85.3 Å². The molecule has 9 saturated heterocycles. The minimum absolute atomic E-state index is 0.272. The predicted octanol–water partition coefficient (Wildman–Crippen LogP) is 14.8. The van der Waals surface area contributed by atoms with Crippen LogP contribution in [-0.4, -0.2) is 223 Å². The lowest BCUT2D eigenvalue weighted by molar-refractivity contribution is -0.162. The summed E-state index contributed by atoms with van der Waals surface area (Å²) in [6, 6.07) is 0. The van der Waals surface area contributed by atoms with Crippen LogP contribution in [0.25, 0.3) is 0 Å². The Hall–Kier alpha value is -7.47. The van der Waals surface area contributed by atoms with E-state index in [0.717, 1.165) is 109 Å². The molecule has 9 aliphatic heterocycles. The Bertz CT molecular complexity index is 3220. The summed E-state index contributed by atoms with van der Waals surface area (Å²) in [5.41, 5.74) is -1.84. The molecule has 10 rings (SSSR count). The van der Waals surface area contributed by atoms with Gasteiger partial charge in [-0.15, -0.1) is 0 Å². The van der Waals surface area contributed by atoms with Crippen molar-refractivity contribution in [3.63, 3.8) is 0 Å². The van der Waals surface area contributed by atoms with E-state index in [0.29, 0.717) is 147 Å². The summed E-state index contributed by atoms with van der Waals surface area (Å²) in [6.45, 7) is 68.5. The second-order valence-corrected chi connectivity index (χ2v) is 32.7. The molecule has 9 atom stereocenters. The van der Waals surface area contributed by atoms with Crippen molar-refractivity contribution in [3.8, 4) is 0 Å². The maximum Gasteiger partial charge on any atom is 0.333 e. The van der Waals surface area contributed by atoms with Crippen LogP contribution in [0.15, 0.2) is 112 Å². The molecule has 9 heterocycles. The zero-order valence-corrected chi connectivity index (χ0v) is 73.9. The van der Waals surface area contributed by atoms with Gasteiger partial charge in [0, 0.05) is 116 Å². The topological polar surface area (TPSA) is 320 Å². The summed E-state index contributed by atoms with van der Waals surface area (Å²) in [7, 11) is 0. The molecular formula is C91H144O27. The van der Waals surface area contributed by atoms with Gasteiger partial charge in [-0.2, -0.15) is 0 Å². The van der Waals surface area contributed by atoms with E-state index in [1.165, 1.54) is 49.6 Å². The van der Waals surface area contributed by atoms with Crippen LogP contribution >= 0.6 is 0 Å². The molecular weight excluding hydrogens is 1520 g/mol. The van der Waals surface area contributed by atoms with Crippen molar-refractivity contribution in [3.05, 3.63) is 112 Å². The Labute approximate surface area is 703 Å². The van der Waals surface area contributed by atoms with Crippen molar-refractivity contribution in [1.82, 2.24) is 0 Å². The maximum absolute atomic E-state index is 11.4. The molecule has 0 spiro atoms. The van der Waals surface area contributed by atoms with Gasteiger partial charge in [0.25, 0.3) is 0 Å². The number of carbonyl (C=O) groups excluding carboxylic acids is 9. The fraction of sp³-hybridized carbons (Fsp3) is 0.703. The van der Waals surface area contributed by atoms with Crippen LogP contribution in [0.3, 0.4) is 0 Å². The van der Waals surface area contributed by atoms with E-state index in [1.807, 2.05) is 55.4 Å². The molecule has 0 N–H and O–H groups in total. The van der Waals surface area contributed by atoms with Crippen LogP contribution in [0.4, 0.5) is 0 Å². The third-order valence-electron chi connectivity index (χ3n) is 21.9. The number of hydrogen-bond donors (Lipinski definition) is 0. The molecule has 0 aromatic carbocycles. The van der Waals surface area contributed by atoms with Crippen molar-refractivity contribution in [2.24, 2.45) is 17.8 Å². The molecule has 1 saturated carbocycles. The van der Waals surface area contributed by atoms with E-state index in [4.69, 9.17) is 85.3 Å². The smallest absolute Gasteiger partial charge is 0.333 e. The molecule has 0 radical (unpaired) electrons. The zero-order chi connectivity index (χ0) is 88.9. The van der Waals surface area contributed by atoms with Gasteiger partial charge in [0.05, 0.1) is 119 Å². The molecule has 10 fully saturated rings. The van der Waals surface area contributed by atoms with Crippen molar-refractivity contribution in [2.45, 2.75) is 276 Å². The van der Waals surface area contributed by atoms with E-state index in [-0.39, 0.29) is 88.0 Å². The minimum atomic E-state index is -0.434. The number of rotatable bonds is 27. The largest absolute Gasteiger partial charge is 0.454 e. The fourth-order valence-corrected chi connectivity index (χ4v) is 13.8. The second-order valence-electron chi connectivity index (χ2n) is 32.7. The molecule has 0 aromatic rings. The summed E-state index contributed by atoms with van der Waals surface area (Å²) in [6.07, 6.45) is 24.6. The fourth-order valence-electron chi connectivity index (χ4n) is 13.8. The first-order chi connectivity index (χ1) is 55.7. The van der Waals surface area contributed by atoms with E-state index in [1.54, 1.807) is 27.7 Å². The van der Waals surface area contributed by atoms with E-state index < -0.39 is 28.0 Å². The van der Waals surface area contributed by atoms with Gasteiger partial charge in [-0.3, -0.25) is 0 Å². The zero-order valence-electron chi connectivity index (χ0n) is 73.9. The third kappa shape index (κ3) is 36.9. The molecule has 0 aromatic heterocycles. The lowest BCUT2D eigenvalue weighted by Crippen LogP contribution is -2.44. The minimum Gasteiger partial charge on any atom is -0.454 e. The second kappa shape index (κ2) is 53.3. The summed E-state index contributed by atoms with van der Waals surface area (Å²) < 4.78 is 95.1. The lowest BCUT2D eigenvalue weighted by Gasteiger charge is -2.37. The molecule has 118 heavy (non-hydrogen) atoms. The normalized spacial score (nSPS) is 28.1. The molecule has 1 aliphatic carbocycles. The van der Waals surface area contributed by atoms with Gasteiger partial charge in [-0.25, -0.2) is 43.2 Å². The Morgan fingerprint density at radius 3 is 0.949 bits per heavy atom. The Balaban J connectivity index is 0.000000451. The van der Waals surface area contributed by atoms with Crippen LogP contribution in [0.2, 0.25) is 0 Å². The lowest BCUT2D eigenvalue weighted by atomic mass is 9.76. The molecule has 0 bridgehead atoms. The average molecular weight is 1670 g/mol. The van der Waals surface area contributed by atoms with Crippen LogP contribution in [0, 0.1) is 17.8 Å². The standard InChI is InChI=1S/C13H20O3.2C11H18O3.3C10H16O3.2C9H14O3.C8H12O3/c1-2-12(14)16-13(8-9-15-10-13)11-6-4-3-5-7-11;1-8(2)10(12)14-11(9(3)4)5-6-13-7-11;1-4-5-11(6-7-13-8-11)14-10(12)9(2)3;1-4-10(5-6-12-7-10)13-9(11)8(2)3;1-4-9(11)13-10(8(2)3)5-6-12-7-10;1-3-5-10(6-7-12-8-10)13-9(11)4-2;1-7(2)8(10)12-9(3)4-5-11-6-9;1-3-8(10)12-9(4-2)5-6-11-7-9;1-3-7(9)11-8(2)4-5-10-6-8/h2,11H,1,3-10H2;9H,1,5-7H2,2-4H3;2,4-8H2,1,3H3;2,4-7H2,1,3H3;4,8H,1,5-7H2,2-3H3;4H,2-3,5-8H2,1H3;1,4-6H2,2-3H3;3H,1,4-7H2,2H3;3H,1,4-6H2,2H3. The monoisotopic (exact) mass is 1670 g/mol. The number of ether oxygens (including phenoxy) is 18. The molecule has 27 heteroatoms. The van der Waals surface area contributed by atoms with Gasteiger partial charge in [0.15, 0.2) is 0 Å². The predicted molar refractivity (Wildman–Crippen MR) is 447 cm³/mol. The quantitative estimate of drug-likeness (QED) is 0.0419. The van der Waals surface area contributed by atoms with E-state index in [2.05, 4.69) is 73.1 Å². The van der Waals surface area contributed by atoms with E-state index >= 15 is 0 Å². The molecule has 27 nitrogen and oxygen atoms in total. The number of carbonyl (C=O) groups is 9. The molecule has 0 amide bonds. The first kappa shape index (κ1) is 107. The summed E-state index contributed by atoms with van der Waals surface area (Å²) in [4.78, 5) is 101. The van der Waals surface area contributed by atoms with Gasteiger partial charge in [-0.05, 0) is 91.9 Å². The Morgan fingerprint density at radius 2 is 0.619 bits per heavy atom. The number of hydrogen-bond acceptors (Lipinski definition) is 27. The first-order valence-electron chi connectivity index (χ1n) is 41.7. The molecule has 10 aliphatic rings. The van der Waals surface area contributed by atoms with Gasteiger partial charge in [0.1, 0.15) is 50.4 Å². The van der Waals surface area contributed by atoms with Crippen LogP contribution in [0.1, 0.15) is 225 Å². The average Bonchev–Trinajstić information content (AvgIpc) is 1.62. The molecule has 9 unspecified atom stereocenters. The SMILES string of the molecule is C=C(C)C(=O)OC1(C(C)C)CCOC1.C=C(C)C(=O)OC1(C)CCOC1.C=C(C)C(=O)OC1(CC)CCOC1.C=C(C)C(=O)OC1(CCC)CCOC1.C=CC(=O)OC1(C(C)C)CCOC1.C=CC(=O)OC1(C)CCOC1.C=CC(=O)OC1(C2CCCCC2)CCOC1.C=CC(=O)OC1(CC)CCOC1.C=CC(=O)OC1(CCC)CCOC1. The van der Waals surface area contributed by atoms with Gasteiger partial charge in [0.2, 0.25) is 0 Å². The maximum atomic E-state index is 11.4. The molecule has 670 valence electrons. The highest BCUT2D eigenvalue weighted by molar-refractivity contribution is 5.89. The summed E-state index contributed by atoms with van der Waals surface area (Å²) in [5, 5.41) is 0. The highest BCUT2D eigenvalue weighted by Crippen LogP contribution is 2.41. The van der Waals surface area contributed by atoms with E-state index in [9.17, 15) is 43.2 Å².